The molecule has 1 heterocycles. The van der Waals surface area contributed by atoms with E-state index in [1.54, 1.807) is 12.1 Å². The highest BCUT2D eigenvalue weighted by Gasteiger charge is 2.40. The van der Waals surface area contributed by atoms with E-state index in [9.17, 15) is 13.5 Å². The van der Waals surface area contributed by atoms with Gasteiger partial charge in [0, 0.05) is 32.7 Å². The van der Waals surface area contributed by atoms with Crippen molar-refractivity contribution in [1.82, 2.24) is 14.5 Å². The number of nitrogens with one attached hydrogen (secondary N) is 1. The van der Waals surface area contributed by atoms with Gasteiger partial charge in [-0.3, -0.25) is 4.90 Å². The van der Waals surface area contributed by atoms with Crippen LogP contribution in [0.2, 0.25) is 0 Å². The van der Waals surface area contributed by atoms with Crippen molar-refractivity contribution < 1.29 is 18.3 Å². The zero-order chi connectivity index (χ0) is 19.5. The minimum Gasteiger partial charge on any atom is -0.394 e. The van der Waals surface area contributed by atoms with Gasteiger partial charge in [-0.2, -0.15) is 0 Å². The first kappa shape index (κ1) is 21.3. The van der Waals surface area contributed by atoms with Crippen LogP contribution in [0.5, 0.6) is 0 Å². The molecule has 0 amide bonds. The number of sulfonamides is 1. The molecule has 3 atom stereocenters. The SMILES string of the molecule is CC(NC[C@]1(CO)COC[C@@H](C)N1C)c1ccc(S(=O)(=O)N(C)C)cc1. The maximum atomic E-state index is 12.2. The number of morpholine rings is 1. The normalized spacial score (nSPS) is 26.2. The average Bonchev–Trinajstić information content (AvgIpc) is 2.63. The van der Waals surface area contributed by atoms with Crippen molar-refractivity contribution in [1.29, 1.82) is 0 Å². The smallest absolute Gasteiger partial charge is 0.242 e. The van der Waals surface area contributed by atoms with Crippen LogP contribution in [0.25, 0.3) is 0 Å². The lowest BCUT2D eigenvalue weighted by molar-refractivity contribution is -0.106. The fourth-order valence-corrected chi connectivity index (χ4v) is 3.99. The Morgan fingerprint density at radius 1 is 1.38 bits per heavy atom. The van der Waals surface area contributed by atoms with Crippen LogP contribution in [0.4, 0.5) is 0 Å². The van der Waals surface area contributed by atoms with E-state index in [1.807, 2.05) is 26.1 Å². The molecule has 1 saturated heterocycles. The van der Waals surface area contributed by atoms with E-state index in [2.05, 4.69) is 17.1 Å². The summed E-state index contributed by atoms with van der Waals surface area (Å²) >= 11 is 0. The van der Waals surface area contributed by atoms with Gasteiger partial charge in [0.15, 0.2) is 0 Å². The number of likely N-dealkylation sites (N-methyl/N-ethyl adjacent to an activating group) is 1. The highest BCUT2D eigenvalue weighted by molar-refractivity contribution is 7.89. The van der Waals surface area contributed by atoms with Crippen LogP contribution >= 0.6 is 0 Å². The van der Waals surface area contributed by atoms with E-state index in [1.165, 1.54) is 18.4 Å². The van der Waals surface area contributed by atoms with E-state index in [4.69, 9.17) is 4.74 Å². The van der Waals surface area contributed by atoms with Crippen LogP contribution in [0.3, 0.4) is 0 Å². The molecule has 0 spiro atoms. The van der Waals surface area contributed by atoms with Gasteiger partial charge < -0.3 is 15.2 Å². The number of hydrogen-bond acceptors (Lipinski definition) is 6. The first-order valence-corrected chi connectivity index (χ1v) is 10.3. The highest BCUT2D eigenvalue weighted by Crippen LogP contribution is 2.23. The molecule has 0 aromatic heterocycles. The Kier molecular flexibility index (Phi) is 6.81. The van der Waals surface area contributed by atoms with Crippen molar-refractivity contribution in [2.24, 2.45) is 0 Å². The number of nitrogens with zero attached hydrogens (tertiary/aromatic N) is 2. The monoisotopic (exact) mass is 385 g/mol. The molecule has 1 unspecified atom stereocenters. The fraction of sp³-hybridized carbons (Fsp3) is 0.667. The van der Waals surface area contributed by atoms with Crippen LogP contribution < -0.4 is 5.32 Å². The third kappa shape index (κ3) is 4.27. The second kappa shape index (κ2) is 8.33. The molecule has 1 aliphatic heterocycles. The Morgan fingerprint density at radius 2 is 2.00 bits per heavy atom. The summed E-state index contributed by atoms with van der Waals surface area (Å²) in [5, 5.41) is 13.4. The van der Waals surface area contributed by atoms with E-state index in [0.717, 1.165) is 5.56 Å². The summed E-state index contributed by atoms with van der Waals surface area (Å²) in [5.41, 5.74) is 0.531. The maximum absolute atomic E-state index is 12.2. The van der Waals surface area contributed by atoms with Crippen LogP contribution in [0.15, 0.2) is 29.2 Å². The molecule has 7 nitrogen and oxygen atoms in total. The molecule has 2 N–H and O–H groups in total. The number of aliphatic hydroxyl groups is 1. The molecule has 1 fully saturated rings. The minimum absolute atomic E-state index is 0.00752. The van der Waals surface area contributed by atoms with Crippen LogP contribution in [-0.4, -0.2) is 81.8 Å². The summed E-state index contributed by atoms with van der Waals surface area (Å²) in [4.78, 5) is 2.45. The summed E-state index contributed by atoms with van der Waals surface area (Å²) in [6.07, 6.45) is 0. The van der Waals surface area contributed by atoms with Gasteiger partial charge in [-0.1, -0.05) is 12.1 Å². The lowest BCUT2D eigenvalue weighted by Crippen LogP contribution is -2.65. The second-order valence-corrected chi connectivity index (χ2v) is 9.47. The van der Waals surface area contributed by atoms with Crippen molar-refractivity contribution in [3.05, 3.63) is 29.8 Å². The quantitative estimate of drug-likeness (QED) is 0.718. The minimum atomic E-state index is -3.42. The molecule has 1 aromatic rings. The number of aliphatic hydroxyl groups excluding tert-OH is 1. The molecule has 148 valence electrons. The maximum Gasteiger partial charge on any atom is 0.242 e. The highest BCUT2D eigenvalue weighted by atomic mass is 32.2. The summed E-state index contributed by atoms with van der Waals surface area (Å²) in [6.45, 7) is 5.82. The van der Waals surface area contributed by atoms with Crippen molar-refractivity contribution >= 4 is 10.0 Å². The van der Waals surface area contributed by atoms with Crippen LogP contribution in [0.1, 0.15) is 25.5 Å². The van der Waals surface area contributed by atoms with Gasteiger partial charge in [-0.15, -0.1) is 0 Å². The lowest BCUT2D eigenvalue weighted by atomic mass is 9.95. The predicted octanol–water partition coefficient (Wildman–Crippen LogP) is 0.669. The molecule has 0 radical (unpaired) electrons. The Bertz CT molecular complexity index is 693. The molecule has 8 heteroatoms. The van der Waals surface area contributed by atoms with Crippen molar-refractivity contribution in [2.45, 2.75) is 36.4 Å². The Balaban J connectivity index is 2.07. The molecule has 26 heavy (non-hydrogen) atoms. The molecule has 2 rings (SSSR count). The number of hydrogen-bond donors (Lipinski definition) is 2. The summed E-state index contributed by atoms with van der Waals surface area (Å²) in [5.74, 6) is 0. The standard InChI is InChI=1S/C18H31N3O4S/c1-14-10-25-13-18(12-22,21(14)5)11-19-15(2)16-6-8-17(9-7-16)26(23,24)20(3)4/h6-9,14-15,19,22H,10-13H2,1-5H3/t14-,15?,18+/m1/s1. The molecule has 0 aliphatic carbocycles. The third-order valence-corrected chi connectivity index (χ3v) is 7.16. The molecule has 0 bridgehead atoms. The summed E-state index contributed by atoms with van der Waals surface area (Å²) in [7, 11) is 1.63. The lowest BCUT2D eigenvalue weighted by Gasteiger charge is -2.47. The summed E-state index contributed by atoms with van der Waals surface area (Å²) in [6, 6.07) is 7.15. The van der Waals surface area contributed by atoms with Crippen LogP contribution in [0, 0.1) is 0 Å². The second-order valence-electron chi connectivity index (χ2n) is 7.32. The van der Waals surface area contributed by atoms with Gasteiger partial charge in [0.25, 0.3) is 0 Å². The van der Waals surface area contributed by atoms with Crippen molar-refractivity contribution in [3.8, 4) is 0 Å². The van der Waals surface area contributed by atoms with Gasteiger partial charge in [-0.25, -0.2) is 12.7 Å². The molecular weight excluding hydrogens is 354 g/mol. The van der Waals surface area contributed by atoms with E-state index in [0.29, 0.717) is 19.8 Å². The topological polar surface area (TPSA) is 82.1 Å². The number of benzene rings is 1. The number of rotatable bonds is 7. The largest absolute Gasteiger partial charge is 0.394 e. The van der Waals surface area contributed by atoms with Gasteiger partial charge >= 0.3 is 0 Å². The van der Waals surface area contributed by atoms with E-state index in [-0.39, 0.29) is 23.6 Å². The third-order valence-electron chi connectivity index (χ3n) is 5.33. The average molecular weight is 386 g/mol. The van der Waals surface area contributed by atoms with Gasteiger partial charge in [0.05, 0.1) is 30.3 Å². The van der Waals surface area contributed by atoms with Crippen LogP contribution in [-0.2, 0) is 14.8 Å². The first-order valence-electron chi connectivity index (χ1n) is 8.81. The van der Waals surface area contributed by atoms with Gasteiger partial charge in [-0.05, 0) is 38.6 Å². The Morgan fingerprint density at radius 3 is 2.54 bits per heavy atom. The van der Waals surface area contributed by atoms with E-state index < -0.39 is 15.6 Å². The number of ether oxygens (including phenoxy) is 1. The molecule has 0 saturated carbocycles. The summed E-state index contributed by atoms with van der Waals surface area (Å²) < 4.78 is 31.2. The predicted molar refractivity (Wildman–Crippen MR) is 102 cm³/mol. The molecular formula is C18H31N3O4S. The zero-order valence-corrected chi connectivity index (χ0v) is 17.1. The Labute approximate surface area is 157 Å². The molecule has 1 aromatic carbocycles. The van der Waals surface area contributed by atoms with Gasteiger partial charge in [0.1, 0.15) is 0 Å². The van der Waals surface area contributed by atoms with Gasteiger partial charge in [0.2, 0.25) is 10.0 Å². The van der Waals surface area contributed by atoms with Crippen molar-refractivity contribution in [3.63, 3.8) is 0 Å². The first-order chi connectivity index (χ1) is 12.1. The van der Waals surface area contributed by atoms with Crippen molar-refractivity contribution in [2.75, 3.05) is 47.5 Å². The van der Waals surface area contributed by atoms with E-state index >= 15 is 0 Å². The molecule has 1 aliphatic rings. The Hall–Kier alpha value is -1.03. The zero-order valence-electron chi connectivity index (χ0n) is 16.3. The fourth-order valence-electron chi connectivity index (χ4n) is 3.09.